The molecule has 5 aromatic rings. The third-order valence-corrected chi connectivity index (χ3v) is 6.68. The standard InChI is InChI=1S/C32H26O2/c1-4-12-24(13-5-1)20-23-30-33-29-22-21-25-14-10-11-19-28(25)31(29)32(34-30,26-15-6-2-7-16-26)27-17-8-3-9-18-27/h1-19,21-22,30H,20,23H2. The van der Waals surface area contributed by atoms with Gasteiger partial charge in [-0.1, -0.05) is 121 Å². The summed E-state index contributed by atoms with van der Waals surface area (Å²) in [5.41, 5.74) is 3.78. The molecule has 5 aromatic carbocycles. The van der Waals surface area contributed by atoms with E-state index in [1.165, 1.54) is 10.9 Å². The maximum Gasteiger partial charge on any atom is 0.201 e. The van der Waals surface area contributed by atoms with Crippen LogP contribution in [-0.2, 0) is 16.8 Å². The Bertz CT molecular complexity index is 1360. The molecular formula is C32H26O2. The van der Waals surface area contributed by atoms with Crippen molar-refractivity contribution in [1.82, 2.24) is 0 Å². The predicted octanol–water partition coefficient (Wildman–Crippen LogP) is 7.50. The van der Waals surface area contributed by atoms with Crippen molar-refractivity contribution in [3.05, 3.63) is 150 Å². The van der Waals surface area contributed by atoms with Gasteiger partial charge in [-0.25, -0.2) is 0 Å². The van der Waals surface area contributed by atoms with E-state index in [1.54, 1.807) is 0 Å². The molecule has 34 heavy (non-hydrogen) atoms. The van der Waals surface area contributed by atoms with E-state index in [0.29, 0.717) is 0 Å². The highest BCUT2D eigenvalue weighted by molar-refractivity contribution is 5.90. The largest absolute Gasteiger partial charge is 0.464 e. The molecule has 1 unspecified atom stereocenters. The van der Waals surface area contributed by atoms with Gasteiger partial charge in [0, 0.05) is 12.0 Å². The van der Waals surface area contributed by atoms with E-state index in [-0.39, 0.29) is 6.29 Å². The minimum atomic E-state index is -0.779. The summed E-state index contributed by atoms with van der Waals surface area (Å²) in [6.07, 6.45) is 1.26. The highest BCUT2D eigenvalue weighted by atomic mass is 16.7. The molecule has 6 rings (SSSR count). The summed E-state index contributed by atoms with van der Waals surface area (Å²) in [5.74, 6) is 0.885. The van der Waals surface area contributed by atoms with Gasteiger partial charge in [0.1, 0.15) is 5.75 Å². The van der Waals surface area contributed by atoms with Crippen molar-refractivity contribution in [2.75, 3.05) is 0 Å². The van der Waals surface area contributed by atoms with Gasteiger partial charge in [0.05, 0.1) is 0 Å². The highest BCUT2D eigenvalue weighted by Gasteiger charge is 2.46. The molecule has 0 aliphatic carbocycles. The topological polar surface area (TPSA) is 18.5 Å². The van der Waals surface area contributed by atoms with Gasteiger partial charge >= 0.3 is 0 Å². The maximum atomic E-state index is 7.08. The Morgan fingerprint density at radius 1 is 0.588 bits per heavy atom. The van der Waals surface area contributed by atoms with Gasteiger partial charge in [-0.2, -0.15) is 0 Å². The Morgan fingerprint density at radius 3 is 1.85 bits per heavy atom. The first kappa shape index (κ1) is 20.7. The lowest BCUT2D eigenvalue weighted by Crippen LogP contribution is -2.43. The third-order valence-electron chi connectivity index (χ3n) is 6.68. The van der Waals surface area contributed by atoms with Crippen molar-refractivity contribution in [2.24, 2.45) is 0 Å². The summed E-state index contributed by atoms with van der Waals surface area (Å²) < 4.78 is 13.6. The van der Waals surface area contributed by atoms with E-state index < -0.39 is 5.60 Å². The zero-order valence-electron chi connectivity index (χ0n) is 18.9. The number of rotatable bonds is 5. The summed E-state index contributed by atoms with van der Waals surface area (Å²) >= 11 is 0. The normalized spacial score (nSPS) is 16.5. The van der Waals surface area contributed by atoms with Crippen LogP contribution in [0.4, 0.5) is 0 Å². The van der Waals surface area contributed by atoms with Crippen LogP contribution in [0.15, 0.2) is 127 Å². The van der Waals surface area contributed by atoms with Gasteiger partial charge in [0.2, 0.25) is 6.29 Å². The first-order chi connectivity index (χ1) is 16.8. The monoisotopic (exact) mass is 442 g/mol. The summed E-state index contributed by atoms with van der Waals surface area (Å²) in [6.45, 7) is 0. The summed E-state index contributed by atoms with van der Waals surface area (Å²) in [6, 6.07) is 44.4. The fourth-order valence-corrected chi connectivity index (χ4v) is 5.12. The number of hydrogen-bond donors (Lipinski definition) is 0. The van der Waals surface area contributed by atoms with Crippen LogP contribution in [-0.4, -0.2) is 6.29 Å². The van der Waals surface area contributed by atoms with Crippen LogP contribution in [0.5, 0.6) is 5.75 Å². The number of hydrogen-bond acceptors (Lipinski definition) is 2. The first-order valence-corrected chi connectivity index (χ1v) is 11.9. The lowest BCUT2D eigenvalue weighted by Gasteiger charge is -2.44. The lowest BCUT2D eigenvalue weighted by molar-refractivity contribution is -0.165. The SMILES string of the molecule is c1ccc(CCC2Oc3ccc4ccccc4c3C(c3ccccc3)(c3ccccc3)O2)cc1. The van der Waals surface area contributed by atoms with Crippen LogP contribution in [0.3, 0.4) is 0 Å². The molecule has 0 bridgehead atoms. The molecule has 1 aliphatic heterocycles. The second-order valence-corrected chi connectivity index (χ2v) is 8.76. The minimum absolute atomic E-state index is 0.380. The average molecular weight is 443 g/mol. The Kier molecular flexibility index (Phi) is 5.37. The van der Waals surface area contributed by atoms with Gasteiger partial charge in [-0.3, -0.25) is 0 Å². The van der Waals surface area contributed by atoms with Crippen molar-refractivity contribution < 1.29 is 9.47 Å². The quantitative estimate of drug-likeness (QED) is 0.281. The number of ether oxygens (including phenoxy) is 2. The maximum absolute atomic E-state index is 7.08. The number of benzene rings is 5. The van der Waals surface area contributed by atoms with Gasteiger partial charge in [0.25, 0.3) is 0 Å². The van der Waals surface area contributed by atoms with Crippen LogP contribution < -0.4 is 4.74 Å². The van der Waals surface area contributed by atoms with Crippen LogP contribution in [0.2, 0.25) is 0 Å². The van der Waals surface area contributed by atoms with E-state index in [0.717, 1.165) is 40.7 Å². The van der Waals surface area contributed by atoms with Crippen molar-refractivity contribution >= 4 is 10.8 Å². The second kappa shape index (κ2) is 8.81. The third kappa shape index (κ3) is 3.57. The van der Waals surface area contributed by atoms with Crippen LogP contribution in [0.1, 0.15) is 28.7 Å². The fraction of sp³-hybridized carbons (Fsp3) is 0.125. The molecule has 2 nitrogen and oxygen atoms in total. The summed E-state index contributed by atoms with van der Waals surface area (Å²) in [4.78, 5) is 0. The number of aryl methyl sites for hydroxylation is 1. The molecule has 0 N–H and O–H groups in total. The highest BCUT2D eigenvalue weighted by Crippen LogP contribution is 2.51. The van der Waals surface area contributed by atoms with Crippen LogP contribution in [0, 0.1) is 0 Å². The first-order valence-electron chi connectivity index (χ1n) is 11.9. The van der Waals surface area contributed by atoms with Crippen LogP contribution >= 0.6 is 0 Å². The Morgan fingerprint density at radius 2 is 1.18 bits per heavy atom. The molecule has 0 spiro atoms. The minimum Gasteiger partial charge on any atom is -0.464 e. The lowest BCUT2D eigenvalue weighted by atomic mass is 9.77. The Labute approximate surface area is 200 Å². The van der Waals surface area contributed by atoms with Gasteiger partial charge in [-0.05, 0) is 39.9 Å². The molecule has 1 heterocycles. The van der Waals surface area contributed by atoms with Gasteiger partial charge < -0.3 is 9.47 Å². The molecule has 0 aromatic heterocycles. The van der Waals surface area contributed by atoms with E-state index in [2.05, 4.69) is 121 Å². The molecular weight excluding hydrogens is 416 g/mol. The van der Waals surface area contributed by atoms with Crippen molar-refractivity contribution in [2.45, 2.75) is 24.7 Å². The zero-order chi connectivity index (χ0) is 22.8. The summed E-state index contributed by atoms with van der Waals surface area (Å²) in [5, 5.41) is 2.32. The predicted molar refractivity (Wildman–Crippen MR) is 137 cm³/mol. The van der Waals surface area contributed by atoms with E-state index in [1.807, 2.05) is 6.07 Å². The smallest absolute Gasteiger partial charge is 0.201 e. The zero-order valence-corrected chi connectivity index (χ0v) is 18.9. The van der Waals surface area contributed by atoms with Crippen LogP contribution in [0.25, 0.3) is 10.8 Å². The van der Waals surface area contributed by atoms with Crippen molar-refractivity contribution in [3.63, 3.8) is 0 Å². The molecule has 166 valence electrons. The molecule has 0 amide bonds. The molecule has 1 aliphatic rings. The molecule has 2 heteroatoms. The van der Waals surface area contributed by atoms with E-state index in [4.69, 9.17) is 9.47 Å². The Hall–Kier alpha value is -3.88. The molecule has 0 saturated carbocycles. The Balaban J connectivity index is 1.56. The molecule has 1 atom stereocenters. The van der Waals surface area contributed by atoms with Gasteiger partial charge in [0.15, 0.2) is 5.60 Å². The molecule has 0 fully saturated rings. The average Bonchev–Trinajstić information content (AvgIpc) is 2.93. The molecule has 0 radical (unpaired) electrons. The van der Waals surface area contributed by atoms with Crippen molar-refractivity contribution in [3.8, 4) is 5.75 Å². The van der Waals surface area contributed by atoms with Gasteiger partial charge in [-0.15, -0.1) is 0 Å². The molecule has 0 saturated heterocycles. The van der Waals surface area contributed by atoms with E-state index in [9.17, 15) is 0 Å². The number of fused-ring (bicyclic) bond motifs is 3. The second-order valence-electron chi connectivity index (χ2n) is 8.76. The van der Waals surface area contributed by atoms with E-state index >= 15 is 0 Å². The fourth-order valence-electron chi connectivity index (χ4n) is 5.12. The van der Waals surface area contributed by atoms with Crippen molar-refractivity contribution in [1.29, 1.82) is 0 Å². The summed E-state index contributed by atoms with van der Waals surface area (Å²) in [7, 11) is 0.